The average molecular weight is 410 g/mol. The van der Waals surface area contributed by atoms with Crippen molar-refractivity contribution in [3.63, 3.8) is 0 Å². The fourth-order valence-corrected chi connectivity index (χ4v) is 3.46. The predicted octanol–water partition coefficient (Wildman–Crippen LogP) is 4.95. The summed E-state index contributed by atoms with van der Waals surface area (Å²) in [7, 11) is 0. The number of nitrogens with zero attached hydrogens (tertiary/aromatic N) is 1. The van der Waals surface area contributed by atoms with Crippen LogP contribution in [-0.2, 0) is 4.79 Å². The summed E-state index contributed by atoms with van der Waals surface area (Å²) < 4.78 is 5.25. The normalized spacial score (nSPS) is 11.7. The minimum Gasteiger partial charge on any atom is -0.410 e. The van der Waals surface area contributed by atoms with Crippen molar-refractivity contribution >= 4 is 28.5 Å². The molecule has 2 aromatic carbocycles. The van der Waals surface area contributed by atoms with Crippen molar-refractivity contribution in [1.82, 2.24) is 10.3 Å². The van der Waals surface area contributed by atoms with E-state index in [0.717, 1.165) is 11.3 Å². The molecule has 1 atom stereocenters. The van der Waals surface area contributed by atoms with E-state index in [4.69, 9.17) is 4.74 Å². The Morgan fingerprint density at radius 2 is 1.69 bits per heavy atom. The summed E-state index contributed by atoms with van der Waals surface area (Å²) in [4.78, 5) is 29.5. The van der Waals surface area contributed by atoms with Gasteiger partial charge in [0.1, 0.15) is 11.8 Å². The lowest BCUT2D eigenvalue weighted by molar-refractivity contribution is -0.118. The number of hydrogen-bond acceptors (Lipinski definition) is 5. The maximum atomic E-state index is 12.8. The first-order valence-corrected chi connectivity index (χ1v) is 10.2. The number of hydrogen-bond donors (Lipinski definition) is 2. The molecule has 0 radical (unpaired) electrons. The molecule has 1 heterocycles. The molecule has 0 aliphatic heterocycles. The number of thiazole rings is 1. The van der Waals surface area contributed by atoms with Crippen LogP contribution < -0.4 is 15.4 Å². The highest BCUT2D eigenvalue weighted by atomic mass is 32.1. The van der Waals surface area contributed by atoms with E-state index < -0.39 is 12.1 Å². The number of anilines is 1. The lowest BCUT2D eigenvalue weighted by Gasteiger charge is -2.19. The van der Waals surface area contributed by atoms with Crippen molar-refractivity contribution in [3.8, 4) is 17.0 Å². The maximum Gasteiger partial charge on any atom is 0.413 e. The minimum atomic E-state index is -0.727. The summed E-state index contributed by atoms with van der Waals surface area (Å²) in [5.74, 6) is 0.303. The van der Waals surface area contributed by atoms with Gasteiger partial charge in [-0.3, -0.25) is 4.79 Å². The molecule has 3 rings (SSSR count). The highest BCUT2D eigenvalue weighted by Gasteiger charge is 2.24. The van der Waals surface area contributed by atoms with Crippen LogP contribution in [-0.4, -0.2) is 23.0 Å². The van der Waals surface area contributed by atoms with E-state index in [-0.39, 0.29) is 11.8 Å². The van der Waals surface area contributed by atoms with E-state index in [0.29, 0.717) is 17.3 Å². The van der Waals surface area contributed by atoms with Crippen molar-refractivity contribution in [2.75, 3.05) is 5.32 Å². The lowest BCUT2D eigenvalue weighted by Crippen LogP contribution is -2.45. The molecule has 2 N–H and O–H groups in total. The Kier molecular flexibility index (Phi) is 6.97. The SMILES string of the molecule is CC(C)C[C@H](NC(=O)Oc1ccccc1)C(=O)Nc1nc(-c2ccccc2)cs1. The van der Waals surface area contributed by atoms with E-state index in [1.165, 1.54) is 11.3 Å². The number of para-hydroxylation sites is 1. The standard InChI is InChI=1S/C22H23N3O3S/c1-15(2)13-18(24-22(27)28-17-11-7-4-8-12-17)20(26)25-21-23-19(14-29-21)16-9-5-3-6-10-16/h3-12,14-15,18H,13H2,1-2H3,(H,24,27)(H,23,25,26)/t18-/m0/s1. The first kappa shape index (κ1) is 20.5. The third kappa shape index (κ3) is 6.15. The molecule has 6 nitrogen and oxygen atoms in total. The van der Waals surface area contributed by atoms with Crippen molar-refractivity contribution in [1.29, 1.82) is 0 Å². The molecule has 0 bridgehead atoms. The van der Waals surface area contributed by atoms with E-state index >= 15 is 0 Å². The summed E-state index contributed by atoms with van der Waals surface area (Å²) >= 11 is 1.34. The van der Waals surface area contributed by atoms with Gasteiger partial charge >= 0.3 is 6.09 Å². The molecule has 0 aliphatic carbocycles. The third-order valence-corrected chi connectivity index (χ3v) is 4.83. The number of nitrogens with one attached hydrogen (secondary N) is 2. The van der Waals surface area contributed by atoms with Gasteiger partial charge in [-0.25, -0.2) is 9.78 Å². The van der Waals surface area contributed by atoms with Crippen molar-refractivity contribution < 1.29 is 14.3 Å². The fourth-order valence-electron chi connectivity index (χ4n) is 2.74. The Balaban J connectivity index is 1.64. The molecule has 0 unspecified atom stereocenters. The second kappa shape index (κ2) is 9.84. The van der Waals surface area contributed by atoms with Crippen LogP contribution in [0, 0.1) is 5.92 Å². The van der Waals surface area contributed by atoms with Crippen LogP contribution in [0.5, 0.6) is 5.75 Å². The second-order valence-corrected chi connectivity index (χ2v) is 7.78. The van der Waals surface area contributed by atoms with E-state index in [1.807, 2.05) is 55.6 Å². The van der Waals surface area contributed by atoms with E-state index in [9.17, 15) is 9.59 Å². The number of aromatic nitrogens is 1. The van der Waals surface area contributed by atoms with Crippen LogP contribution >= 0.6 is 11.3 Å². The molecule has 0 saturated heterocycles. The Bertz CT molecular complexity index is 942. The zero-order chi connectivity index (χ0) is 20.6. The molecular formula is C22H23N3O3S. The minimum absolute atomic E-state index is 0.207. The van der Waals surface area contributed by atoms with Gasteiger partial charge in [-0.1, -0.05) is 62.4 Å². The monoisotopic (exact) mass is 409 g/mol. The van der Waals surface area contributed by atoms with Crippen LogP contribution in [0.4, 0.5) is 9.93 Å². The third-order valence-electron chi connectivity index (χ3n) is 4.07. The largest absolute Gasteiger partial charge is 0.413 e. The zero-order valence-electron chi connectivity index (χ0n) is 16.3. The molecule has 7 heteroatoms. The van der Waals surface area contributed by atoms with Crippen LogP contribution in [0.1, 0.15) is 20.3 Å². The Hall–Kier alpha value is -3.19. The molecule has 150 valence electrons. The van der Waals surface area contributed by atoms with Crippen molar-refractivity contribution in [2.45, 2.75) is 26.3 Å². The number of carbonyl (C=O) groups excluding carboxylic acids is 2. The Morgan fingerprint density at radius 1 is 1.03 bits per heavy atom. The number of ether oxygens (including phenoxy) is 1. The van der Waals surface area contributed by atoms with Crippen LogP contribution in [0.15, 0.2) is 66.0 Å². The van der Waals surface area contributed by atoms with Crippen molar-refractivity contribution in [3.05, 3.63) is 66.0 Å². The molecule has 2 amide bonds. The number of rotatable bonds is 7. The van der Waals surface area contributed by atoms with Gasteiger partial charge in [-0.15, -0.1) is 11.3 Å². The second-order valence-electron chi connectivity index (χ2n) is 6.92. The van der Waals surface area contributed by atoms with Gasteiger partial charge in [-0.05, 0) is 24.5 Å². The van der Waals surface area contributed by atoms with Gasteiger partial charge in [0.2, 0.25) is 5.91 Å². The van der Waals surface area contributed by atoms with Gasteiger partial charge in [-0.2, -0.15) is 0 Å². The molecule has 0 aliphatic rings. The molecule has 29 heavy (non-hydrogen) atoms. The smallest absolute Gasteiger partial charge is 0.410 e. The first-order chi connectivity index (χ1) is 14.0. The molecule has 1 aromatic heterocycles. The highest BCUT2D eigenvalue weighted by molar-refractivity contribution is 7.14. The maximum absolute atomic E-state index is 12.8. The van der Waals surface area contributed by atoms with E-state index in [1.54, 1.807) is 24.3 Å². The van der Waals surface area contributed by atoms with E-state index in [2.05, 4.69) is 15.6 Å². The summed E-state index contributed by atoms with van der Waals surface area (Å²) in [5.41, 5.74) is 1.77. The zero-order valence-corrected chi connectivity index (χ0v) is 17.1. The van der Waals surface area contributed by atoms with Crippen LogP contribution in [0.2, 0.25) is 0 Å². The first-order valence-electron chi connectivity index (χ1n) is 9.36. The number of carbonyl (C=O) groups is 2. The van der Waals surface area contributed by atoms with Gasteiger partial charge in [0.05, 0.1) is 5.69 Å². The predicted molar refractivity (Wildman–Crippen MR) is 115 cm³/mol. The molecule has 0 saturated carbocycles. The average Bonchev–Trinajstić information content (AvgIpc) is 3.17. The Labute approximate surface area is 173 Å². The number of benzene rings is 2. The fraction of sp³-hybridized carbons (Fsp3) is 0.227. The topological polar surface area (TPSA) is 80.3 Å². The molecular weight excluding hydrogens is 386 g/mol. The number of amides is 2. The summed E-state index contributed by atoms with van der Waals surface area (Å²) in [6.45, 7) is 3.97. The molecule has 0 fully saturated rings. The van der Waals surface area contributed by atoms with Gasteiger partial charge in [0.25, 0.3) is 0 Å². The summed E-state index contributed by atoms with van der Waals surface area (Å²) in [6, 6.07) is 17.7. The molecule has 0 spiro atoms. The van der Waals surface area contributed by atoms with Crippen molar-refractivity contribution in [2.24, 2.45) is 5.92 Å². The quantitative estimate of drug-likeness (QED) is 0.578. The highest BCUT2D eigenvalue weighted by Crippen LogP contribution is 2.25. The summed E-state index contributed by atoms with van der Waals surface area (Å²) in [5, 5.41) is 7.84. The van der Waals surface area contributed by atoms with Crippen LogP contribution in [0.25, 0.3) is 11.3 Å². The molecule has 3 aromatic rings. The van der Waals surface area contributed by atoms with Gasteiger partial charge in [0.15, 0.2) is 5.13 Å². The lowest BCUT2D eigenvalue weighted by atomic mass is 10.0. The van der Waals surface area contributed by atoms with Gasteiger partial charge in [0, 0.05) is 10.9 Å². The Morgan fingerprint density at radius 3 is 2.34 bits per heavy atom. The van der Waals surface area contributed by atoms with Crippen LogP contribution in [0.3, 0.4) is 0 Å². The summed E-state index contributed by atoms with van der Waals surface area (Å²) in [6.07, 6.45) is -0.187. The van der Waals surface area contributed by atoms with Gasteiger partial charge < -0.3 is 15.4 Å².